The Kier molecular flexibility index (Phi) is 3.72. The molecule has 0 spiro atoms. The molecule has 1 aliphatic heterocycles. The third kappa shape index (κ3) is 2.18. The van der Waals surface area contributed by atoms with E-state index in [9.17, 15) is 0 Å². The van der Waals surface area contributed by atoms with Gasteiger partial charge in [-0.3, -0.25) is 0 Å². The van der Waals surface area contributed by atoms with E-state index in [-0.39, 0.29) is 0 Å². The molecule has 1 unspecified atom stereocenters. The lowest BCUT2D eigenvalue weighted by atomic mass is 9.88. The highest BCUT2D eigenvalue weighted by molar-refractivity contribution is 6.33. The van der Waals surface area contributed by atoms with Gasteiger partial charge in [0, 0.05) is 6.54 Å². The summed E-state index contributed by atoms with van der Waals surface area (Å²) in [7, 11) is 1.67. The van der Waals surface area contributed by atoms with E-state index in [2.05, 4.69) is 18.3 Å². The molecule has 1 atom stereocenters. The molecule has 2 rings (SSSR count). The summed E-state index contributed by atoms with van der Waals surface area (Å²) < 4.78 is 5.28. The summed E-state index contributed by atoms with van der Waals surface area (Å²) in [5, 5.41) is 4.21. The SMILES string of the molecule is COc1ccc(C)c(C2CCCNC2)c1Cl. The van der Waals surface area contributed by atoms with Crippen molar-refractivity contribution in [3.05, 3.63) is 28.3 Å². The summed E-state index contributed by atoms with van der Waals surface area (Å²) >= 11 is 6.39. The topological polar surface area (TPSA) is 21.3 Å². The number of rotatable bonds is 2. The monoisotopic (exact) mass is 239 g/mol. The van der Waals surface area contributed by atoms with Crippen molar-refractivity contribution in [2.75, 3.05) is 20.2 Å². The number of aryl methyl sites for hydroxylation is 1. The smallest absolute Gasteiger partial charge is 0.137 e. The highest BCUT2D eigenvalue weighted by Crippen LogP contribution is 2.37. The first-order valence-electron chi connectivity index (χ1n) is 5.77. The fourth-order valence-electron chi connectivity index (χ4n) is 2.43. The van der Waals surface area contributed by atoms with E-state index in [1.165, 1.54) is 24.0 Å². The fourth-order valence-corrected chi connectivity index (χ4v) is 2.87. The van der Waals surface area contributed by atoms with Gasteiger partial charge in [-0.15, -0.1) is 0 Å². The van der Waals surface area contributed by atoms with Crippen LogP contribution in [0.5, 0.6) is 5.75 Å². The summed E-state index contributed by atoms with van der Waals surface area (Å²) in [6.07, 6.45) is 2.43. The number of hydrogen-bond donors (Lipinski definition) is 1. The number of methoxy groups -OCH3 is 1. The van der Waals surface area contributed by atoms with Crippen LogP contribution in [0.15, 0.2) is 12.1 Å². The largest absolute Gasteiger partial charge is 0.495 e. The second-order valence-electron chi connectivity index (χ2n) is 4.36. The second kappa shape index (κ2) is 5.07. The molecule has 1 N–H and O–H groups in total. The average molecular weight is 240 g/mol. The van der Waals surface area contributed by atoms with Gasteiger partial charge in [-0.05, 0) is 49.4 Å². The van der Waals surface area contributed by atoms with Gasteiger partial charge in [-0.1, -0.05) is 17.7 Å². The Morgan fingerprint density at radius 3 is 2.88 bits per heavy atom. The van der Waals surface area contributed by atoms with Crippen molar-refractivity contribution >= 4 is 11.6 Å². The predicted octanol–water partition coefficient (Wildman–Crippen LogP) is 3.12. The van der Waals surface area contributed by atoms with E-state index in [1.54, 1.807) is 7.11 Å². The third-order valence-electron chi connectivity index (χ3n) is 3.29. The lowest BCUT2D eigenvalue weighted by Gasteiger charge is -2.26. The Morgan fingerprint density at radius 1 is 1.44 bits per heavy atom. The quantitative estimate of drug-likeness (QED) is 0.856. The number of halogens is 1. The molecule has 3 heteroatoms. The van der Waals surface area contributed by atoms with Gasteiger partial charge in [0.05, 0.1) is 12.1 Å². The van der Waals surface area contributed by atoms with Crippen LogP contribution in [0.2, 0.25) is 5.02 Å². The normalized spacial score (nSPS) is 20.8. The van der Waals surface area contributed by atoms with Gasteiger partial charge >= 0.3 is 0 Å². The van der Waals surface area contributed by atoms with E-state index in [1.807, 2.05) is 6.07 Å². The van der Waals surface area contributed by atoms with Gasteiger partial charge < -0.3 is 10.1 Å². The summed E-state index contributed by atoms with van der Waals surface area (Å²) in [4.78, 5) is 0. The minimum absolute atomic E-state index is 0.524. The number of benzene rings is 1. The molecule has 1 aromatic carbocycles. The highest BCUT2D eigenvalue weighted by atomic mass is 35.5. The summed E-state index contributed by atoms with van der Waals surface area (Å²) in [5.41, 5.74) is 2.52. The van der Waals surface area contributed by atoms with Crippen molar-refractivity contribution in [3.63, 3.8) is 0 Å². The molecule has 1 fully saturated rings. The molecule has 2 nitrogen and oxygen atoms in total. The Morgan fingerprint density at radius 2 is 2.25 bits per heavy atom. The van der Waals surface area contributed by atoms with Gasteiger partial charge in [0.2, 0.25) is 0 Å². The van der Waals surface area contributed by atoms with Gasteiger partial charge in [0.15, 0.2) is 0 Å². The van der Waals surface area contributed by atoms with Crippen LogP contribution in [0.1, 0.15) is 29.9 Å². The van der Waals surface area contributed by atoms with Crippen LogP contribution in [-0.4, -0.2) is 20.2 Å². The average Bonchev–Trinajstić information content (AvgIpc) is 2.31. The first-order valence-corrected chi connectivity index (χ1v) is 6.15. The van der Waals surface area contributed by atoms with Crippen molar-refractivity contribution in [3.8, 4) is 5.75 Å². The van der Waals surface area contributed by atoms with Crippen molar-refractivity contribution in [1.29, 1.82) is 0 Å². The molecule has 0 radical (unpaired) electrons. The molecule has 1 heterocycles. The summed E-state index contributed by atoms with van der Waals surface area (Å²) in [5.74, 6) is 1.31. The van der Waals surface area contributed by atoms with E-state index < -0.39 is 0 Å². The fraction of sp³-hybridized carbons (Fsp3) is 0.538. The van der Waals surface area contributed by atoms with Crippen LogP contribution < -0.4 is 10.1 Å². The molecular weight excluding hydrogens is 222 g/mol. The molecule has 16 heavy (non-hydrogen) atoms. The minimum atomic E-state index is 0.524. The maximum Gasteiger partial charge on any atom is 0.137 e. The lowest BCUT2D eigenvalue weighted by molar-refractivity contribution is 0.411. The summed E-state index contributed by atoms with van der Waals surface area (Å²) in [6, 6.07) is 4.03. The Balaban J connectivity index is 2.37. The number of nitrogens with one attached hydrogen (secondary N) is 1. The molecule has 0 amide bonds. The Hall–Kier alpha value is -0.730. The predicted molar refractivity (Wildman–Crippen MR) is 67.6 cm³/mol. The lowest BCUT2D eigenvalue weighted by Crippen LogP contribution is -2.28. The molecule has 0 aromatic heterocycles. The van der Waals surface area contributed by atoms with Crippen LogP contribution in [-0.2, 0) is 0 Å². The highest BCUT2D eigenvalue weighted by Gasteiger charge is 2.21. The zero-order valence-electron chi connectivity index (χ0n) is 9.85. The zero-order chi connectivity index (χ0) is 11.5. The first-order chi connectivity index (χ1) is 7.74. The summed E-state index contributed by atoms with van der Waals surface area (Å²) in [6.45, 7) is 4.26. The van der Waals surface area contributed by atoms with E-state index in [0.29, 0.717) is 5.92 Å². The zero-order valence-corrected chi connectivity index (χ0v) is 10.6. The van der Waals surface area contributed by atoms with Crippen LogP contribution in [0, 0.1) is 6.92 Å². The number of hydrogen-bond acceptors (Lipinski definition) is 2. The second-order valence-corrected chi connectivity index (χ2v) is 4.73. The molecule has 0 saturated carbocycles. The number of ether oxygens (including phenoxy) is 1. The van der Waals surface area contributed by atoms with Gasteiger partial charge in [-0.25, -0.2) is 0 Å². The third-order valence-corrected chi connectivity index (χ3v) is 3.68. The van der Waals surface area contributed by atoms with Gasteiger partial charge in [0.25, 0.3) is 0 Å². The Labute approximate surface area is 102 Å². The van der Waals surface area contributed by atoms with Crippen molar-refractivity contribution in [2.45, 2.75) is 25.7 Å². The maximum atomic E-state index is 6.39. The standard InChI is InChI=1S/C13H18ClNO/c1-9-5-6-11(16-2)13(14)12(9)10-4-3-7-15-8-10/h5-6,10,15H,3-4,7-8H2,1-2H3. The molecule has 1 saturated heterocycles. The molecule has 88 valence electrons. The molecule has 0 bridgehead atoms. The van der Waals surface area contributed by atoms with Crippen molar-refractivity contribution in [2.24, 2.45) is 0 Å². The molecular formula is C13H18ClNO. The van der Waals surface area contributed by atoms with E-state index in [4.69, 9.17) is 16.3 Å². The molecule has 1 aliphatic rings. The van der Waals surface area contributed by atoms with Crippen molar-refractivity contribution < 1.29 is 4.74 Å². The van der Waals surface area contributed by atoms with E-state index >= 15 is 0 Å². The maximum absolute atomic E-state index is 6.39. The molecule has 1 aromatic rings. The van der Waals surface area contributed by atoms with Crippen LogP contribution in [0.4, 0.5) is 0 Å². The van der Waals surface area contributed by atoms with Gasteiger partial charge in [-0.2, -0.15) is 0 Å². The Bertz CT molecular complexity index is 372. The molecule has 0 aliphatic carbocycles. The first kappa shape index (κ1) is 11.7. The van der Waals surface area contributed by atoms with Crippen molar-refractivity contribution in [1.82, 2.24) is 5.32 Å². The van der Waals surface area contributed by atoms with Gasteiger partial charge in [0.1, 0.15) is 5.75 Å². The number of piperidine rings is 1. The van der Waals surface area contributed by atoms with E-state index in [0.717, 1.165) is 23.9 Å². The minimum Gasteiger partial charge on any atom is -0.495 e. The van der Waals surface area contributed by atoms with Crippen LogP contribution in [0.25, 0.3) is 0 Å². The van der Waals surface area contributed by atoms with Crippen LogP contribution >= 0.6 is 11.6 Å². The van der Waals surface area contributed by atoms with Crippen LogP contribution in [0.3, 0.4) is 0 Å².